The standard InChI is InChI=1S/C11H12ClNO2/c1-8(9-6-4-3-5-7-9)10(14)13(2)11(12)15/h3-8H,1-2H3. The van der Waals surface area contributed by atoms with Gasteiger partial charge in [-0.25, -0.2) is 0 Å². The molecular weight excluding hydrogens is 214 g/mol. The summed E-state index contributed by atoms with van der Waals surface area (Å²) in [5, 5.41) is -0.761. The largest absolute Gasteiger partial charge is 0.322 e. The van der Waals surface area contributed by atoms with Gasteiger partial charge in [0.15, 0.2) is 0 Å². The molecule has 80 valence electrons. The highest BCUT2D eigenvalue weighted by Gasteiger charge is 2.22. The van der Waals surface area contributed by atoms with E-state index in [2.05, 4.69) is 0 Å². The summed E-state index contributed by atoms with van der Waals surface area (Å²) < 4.78 is 0. The lowest BCUT2D eigenvalue weighted by Crippen LogP contribution is -2.32. The van der Waals surface area contributed by atoms with Gasteiger partial charge in [-0.05, 0) is 24.1 Å². The van der Waals surface area contributed by atoms with Crippen molar-refractivity contribution in [3.8, 4) is 0 Å². The first-order chi connectivity index (χ1) is 7.04. The second-order valence-electron chi connectivity index (χ2n) is 3.28. The molecule has 4 heteroatoms. The molecule has 1 unspecified atom stereocenters. The summed E-state index contributed by atoms with van der Waals surface area (Å²) >= 11 is 5.22. The number of hydrogen-bond donors (Lipinski definition) is 0. The highest BCUT2D eigenvalue weighted by atomic mass is 35.5. The van der Waals surface area contributed by atoms with E-state index in [1.165, 1.54) is 7.05 Å². The fraction of sp³-hybridized carbons (Fsp3) is 0.273. The molecule has 0 aliphatic carbocycles. The van der Waals surface area contributed by atoms with Crippen molar-refractivity contribution >= 4 is 22.9 Å². The molecule has 0 aliphatic heterocycles. The van der Waals surface area contributed by atoms with Crippen LogP contribution in [-0.2, 0) is 4.79 Å². The first-order valence-electron chi connectivity index (χ1n) is 4.56. The Morgan fingerprint density at radius 1 is 1.27 bits per heavy atom. The average molecular weight is 226 g/mol. The Morgan fingerprint density at radius 3 is 2.27 bits per heavy atom. The van der Waals surface area contributed by atoms with Gasteiger partial charge in [0, 0.05) is 7.05 Å². The van der Waals surface area contributed by atoms with E-state index >= 15 is 0 Å². The average Bonchev–Trinajstić information content (AvgIpc) is 2.27. The molecule has 1 aromatic rings. The summed E-state index contributed by atoms with van der Waals surface area (Å²) in [6.07, 6.45) is 0. The van der Waals surface area contributed by atoms with Crippen molar-refractivity contribution in [1.29, 1.82) is 0 Å². The van der Waals surface area contributed by atoms with Crippen molar-refractivity contribution in [3.63, 3.8) is 0 Å². The van der Waals surface area contributed by atoms with Crippen LogP contribution < -0.4 is 0 Å². The van der Waals surface area contributed by atoms with Crippen LogP contribution in [0.1, 0.15) is 18.4 Å². The van der Waals surface area contributed by atoms with E-state index in [1.807, 2.05) is 30.3 Å². The third-order valence-corrected chi connectivity index (χ3v) is 2.52. The van der Waals surface area contributed by atoms with Crippen molar-refractivity contribution in [2.45, 2.75) is 12.8 Å². The second kappa shape index (κ2) is 4.94. The highest BCUT2D eigenvalue weighted by Crippen LogP contribution is 2.17. The molecule has 0 aromatic heterocycles. The molecule has 0 spiro atoms. The minimum absolute atomic E-state index is 0.304. The molecule has 0 heterocycles. The minimum Gasteiger partial charge on any atom is -0.274 e. The van der Waals surface area contributed by atoms with E-state index in [4.69, 9.17) is 11.6 Å². The van der Waals surface area contributed by atoms with Crippen LogP contribution in [0.25, 0.3) is 0 Å². The normalized spacial score (nSPS) is 11.9. The van der Waals surface area contributed by atoms with E-state index in [9.17, 15) is 9.59 Å². The van der Waals surface area contributed by atoms with E-state index in [1.54, 1.807) is 6.92 Å². The van der Waals surface area contributed by atoms with Crippen LogP contribution in [0.2, 0.25) is 0 Å². The number of nitrogens with zero attached hydrogens (tertiary/aromatic N) is 1. The summed E-state index contributed by atoms with van der Waals surface area (Å²) in [6.45, 7) is 1.74. The van der Waals surface area contributed by atoms with Crippen molar-refractivity contribution in [2.24, 2.45) is 0 Å². The van der Waals surface area contributed by atoms with E-state index in [-0.39, 0.29) is 11.8 Å². The topological polar surface area (TPSA) is 37.4 Å². The Hall–Kier alpha value is -1.35. The predicted octanol–water partition coefficient (Wildman–Crippen LogP) is 2.61. The van der Waals surface area contributed by atoms with E-state index in [0.29, 0.717) is 0 Å². The number of carbonyl (C=O) groups is 2. The number of hydrogen-bond acceptors (Lipinski definition) is 2. The van der Waals surface area contributed by atoms with E-state index < -0.39 is 5.37 Å². The summed E-state index contributed by atoms with van der Waals surface area (Å²) in [7, 11) is 1.37. The molecule has 0 N–H and O–H groups in total. The molecule has 0 saturated heterocycles. The van der Waals surface area contributed by atoms with Gasteiger partial charge >= 0.3 is 5.37 Å². The zero-order valence-electron chi connectivity index (χ0n) is 8.61. The molecule has 0 saturated carbocycles. The number of halogens is 1. The smallest absolute Gasteiger partial charge is 0.274 e. The molecule has 0 aliphatic rings. The Morgan fingerprint density at radius 2 is 1.80 bits per heavy atom. The second-order valence-corrected chi connectivity index (χ2v) is 3.61. The van der Waals surface area contributed by atoms with Crippen LogP contribution in [0.3, 0.4) is 0 Å². The Balaban J connectivity index is 2.82. The van der Waals surface area contributed by atoms with E-state index in [0.717, 1.165) is 10.5 Å². The van der Waals surface area contributed by atoms with Crippen molar-refractivity contribution in [3.05, 3.63) is 35.9 Å². The molecule has 0 radical (unpaired) electrons. The summed E-state index contributed by atoms with van der Waals surface area (Å²) in [6, 6.07) is 9.25. The number of imide groups is 1. The van der Waals surface area contributed by atoms with Gasteiger partial charge in [-0.15, -0.1) is 0 Å². The summed E-state index contributed by atoms with van der Waals surface area (Å²) in [5.74, 6) is -0.667. The Bertz CT molecular complexity index is 364. The Kier molecular flexibility index (Phi) is 3.86. The zero-order valence-corrected chi connectivity index (χ0v) is 9.36. The van der Waals surface area contributed by atoms with Gasteiger partial charge in [0.1, 0.15) is 0 Å². The highest BCUT2D eigenvalue weighted by molar-refractivity contribution is 6.64. The van der Waals surface area contributed by atoms with Crippen molar-refractivity contribution < 1.29 is 9.59 Å². The summed E-state index contributed by atoms with van der Waals surface area (Å²) in [5.41, 5.74) is 0.868. The molecule has 1 atom stereocenters. The molecule has 3 nitrogen and oxygen atoms in total. The van der Waals surface area contributed by atoms with Gasteiger partial charge in [0.25, 0.3) is 0 Å². The quantitative estimate of drug-likeness (QED) is 0.573. The first-order valence-corrected chi connectivity index (χ1v) is 4.94. The molecule has 15 heavy (non-hydrogen) atoms. The third-order valence-electron chi connectivity index (χ3n) is 2.26. The SMILES string of the molecule is CC(C(=O)N(C)C(=O)Cl)c1ccccc1. The molecule has 0 bridgehead atoms. The van der Waals surface area contributed by atoms with Crippen LogP contribution in [0.15, 0.2) is 30.3 Å². The minimum atomic E-state index is -0.761. The van der Waals surface area contributed by atoms with Gasteiger partial charge < -0.3 is 0 Å². The van der Waals surface area contributed by atoms with Crippen molar-refractivity contribution in [1.82, 2.24) is 4.90 Å². The molecule has 1 aromatic carbocycles. The van der Waals surface area contributed by atoms with Gasteiger partial charge in [-0.3, -0.25) is 14.5 Å². The van der Waals surface area contributed by atoms with Crippen LogP contribution in [0, 0.1) is 0 Å². The fourth-order valence-electron chi connectivity index (χ4n) is 1.26. The van der Waals surface area contributed by atoms with Crippen LogP contribution in [0.4, 0.5) is 4.79 Å². The van der Waals surface area contributed by atoms with Crippen molar-refractivity contribution in [2.75, 3.05) is 7.05 Å². The molecule has 2 amide bonds. The number of likely N-dealkylation sites (N-methyl/N-ethyl adjacent to an activating group) is 1. The van der Waals surface area contributed by atoms with Gasteiger partial charge in [-0.1, -0.05) is 30.3 Å². The first kappa shape index (κ1) is 11.7. The van der Waals surface area contributed by atoms with Crippen LogP contribution in [0.5, 0.6) is 0 Å². The fourth-order valence-corrected chi connectivity index (χ4v) is 1.34. The maximum absolute atomic E-state index is 11.7. The molecule has 0 fully saturated rings. The maximum Gasteiger partial charge on any atom is 0.322 e. The lowest BCUT2D eigenvalue weighted by molar-refractivity contribution is -0.128. The van der Waals surface area contributed by atoms with Gasteiger partial charge in [0.2, 0.25) is 5.91 Å². The van der Waals surface area contributed by atoms with Gasteiger partial charge in [-0.2, -0.15) is 0 Å². The van der Waals surface area contributed by atoms with Crippen LogP contribution >= 0.6 is 11.6 Å². The monoisotopic (exact) mass is 225 g/mol. The zero-order chi connectivity index (χ0) is 11.4. The van der Waals surface area contributed by atoms with Crippen LogP contribution in [-0.4, -0.2) is 23.2 Å². The third kappa shape index (κ3) is 2.80. The predicted molar refractivity (Wildman–Crippen MR) is 58.9 cm³/mol. The maximum atomic E-state index is 11.7. The lowest BCUT2D eigenvalue weighted by atomic mass is 10.0. The lowest BCUT2D eigenvalue weighted by Gasteiger charge is -2.17. The number of benzene rings is 1. The van der Waals surface area contributed by atoms with Gasteiger partial charge in [0.05, 0.1) is 5.92 Å². The number of rotatable bonds is 2. The number of amides is 2. The Labute approximate surface area is 93.6 Å². The number of carbonyl (C=O) groups excluding carboxylic acids is 2. The molecular formula is C11H12ClNO2. The summed E-state index contributed by atoms with van der Waals surface area (Å²) in [4.78, 5) is 23.4. The molecule has 1 rings (SSSR count).